The maximum atomic E-state index is 14.2. The van der Waals surface area contributed by atoms with E-state index in [2.05, 4.69) is 0 Å². The zero-order valence-electron chi connectivity index (χ0n) is 19.1. The Balaban J connectivity index is 1.94. The van der Waals surface area contributed by atoms with E-state index < -0.39 is 28.9 Å². The van der Waals surface area contributed by atoms with Crippen LogP contribution in [0.1, 0.15) is 48.1 Å². The smallest absolute Gasteiger partial charge is 0.290 e. The van der Waals surface area contributed by atoms with E-state index in [4.69, 9.17) is 9.15 Å². The molecule has 1 atom stereocenters. The van der Waals surface area contributed by atoms with Gasteiger partial charge in [-0.05, 0) is 38.0 Å². The number of rotatable bonds is 9. The van der Waals surface area contributed by atoms with Crippen LogP contribution < -0.4 is 4.90 Å². The van der Waals surface area contributed by atoms with Gasteiger partial charge in [-0.3, -0.25) is 14.4 Å². The molecule has 1 aromatic carbocycles. The number of hydrogen-bond acceptors (Lipinski definition) is 6. The second-order valence-electron chi connectivity index (χ2n) is 8.30. The summed E-state index contributed by atoms with van der Waals surface area (Å²) in [5, 5.41) is 11.0. The Morgan fingerprint density at radius 3 is 2.55 bits per heavy atom. The van der Waals surface area contributed by atoms with Gasteiger partial charge < -0.3 is 24.1 Å². The molecule has 1 spiro atoms. The lowest BCUT2D eigenvalue weighted by Gasteiger charge is -2.35. The number of aryl methyl sites for hydroxylation is 1. The largest absolute Gasteiger partial charge is 0.503 e. The third-order valence-electron chi connectivity index (χ3n) is 6.25. The summed E-state index contributed by atoms with van der Waals surface area (Å²) in [5.74, 6) is -2.08. The first kappa shape index (κ1) is 22.8. The third kappa shape index (κ3) is 3.36. The zero-order chi connectivity index (χ0) is 23.8. The summed E-state index contributed by atoms with van der Waals surface area (Å²) < 4.78 is 10.7. The number of benzene rings is 1. The lowest BCUT2D eigenvalue weighted by atomic mass is 9.81. The molecule has 0 saturated carbocycles. The highest BCUT2D eigenvalue weighted by atomic mass is 16.5. The van der Waals surface area contributed by atoms with Gasteiger partial charge in [0.2, 0.25) is 5.78 Å². The van der Waals surface area contributed by atoms with E-state index in [1.807, 2.05) is 19.1 Å². The number of amides is 2. The number of ether oxygens (including phenoxy) is 1. The van der Waals surface area contributed by atoms with Gasteiger partial charge in [-0.25, -0.2) is 0 Å². The van der Waals surface area contributed by atoms with Crippen molar-refractivity contribution in [2.45, 2.75) is 38.6 Å². The minimum absolute atomic E-state index is 0.0303. The first-order valence-electron chi connectivity index (χ1n) is 11.2. The number of Topliss-reactive ketones (excluding diaryl/α,β-unsaturated/α-hetero) is 1. The summed E-state index contributed by atoms with van der Waals surface area (Å²) in [7, 11) is 1.55. The average molecular weight is 453 g/mol. The molecular weight excluding hydrogens is 424 g/mol. The van der Waals surface area contributed by atoms with Gasteiger partial charge in [0.1, 0.15) is 5.76 Å². The summed E-state index contributed by atoms with van der Waals surface area (Å²) in [5.41, 5.74) is -0.865. The number of nitrogens with zero attached hydrogens (tertiary/aromatic N) is 2. The van der Waals surface area contributed by atoms with Crippen molar-refractivity contribution in [2.75, 3.05) is 31.7 Å². The Kier molecular flexibility index (Phi) is 6.12. The van der Waals surface area contributed by atoms with Crippen LogP contribution in [0.2, 0.25) is 0 Å². The predicted molar refractivity (Wildman–Crippen MR) is 121 cm³/mol. The minimum atomic E-state index is -1.75. The number of unbranched alkanes of at least 4 members (excludes halogenated alkanes) is 1. The molecule has 1 aromatic heterocycles. The molecule has 4 rings (SSSR count). The monoisotopic (exact) mass is 452 g/mol. The summed E-state index contributed by atoms with van der Waals surface area (Å²) in [6.45, 7) is 4.65. The number of aliphatic hydroxyl groups is 1. The first-order chi connectivity index (χ1) is 15.9. The molecule has 2 aliphatic heterocycles. The molecule has 0 saturated heterocycles. The van der Waals surface area contributed by atoms with E-state index in [1.54, 1.807) is 37.1 Å². The zero-order valence-corrected chi connectivity index (χ0v) is 19.1. The molecule has 8 heteroatoms. The fourth-order valence-electron chi connectivity index (χ4n) is 4.76. The van der Waals surface area contributed by atoms with Crippen LogP contribution in [-0.4, -0.2) is 54.4 Å². The third-order valence-corrected chi connectivity index (χ3v) is 6.25. The number of methoxy groups -OCH3 is 1. The SMILES string of the molecule is CCCCN1C(=O)C2(C(C(=O)c3ccc(C)o3)=C(O)C(=O)N2CCCOC)c2ccccc21. The standard InChI is InChI=1S/C25H28N2O6/c1-4-5-13-26-18-10-7-6-9-17(18)25(24(26)31)20(21(28)19-12-11-16(2)33-19)22(29)23(30)27(25)14-8-15-32-3/h6-7,9-12,29H,4-5,8,13-15H2,1-3H3. The van der Waals surface area contributed by atoms with E-state index >= 15 is 0 Å². The van der Waals surface area contributed by atoms with Gasteiger partial charge in [-0.1, -0.05) is 31.5 Å². The van der Waals surface area contributed by atoms with Crippen LogP contribution in [0.5, 0.6) is 0 Å². The molecule has 0 fully saturated rings. The summed E-state index contributed by atoms with van der Waals surface area (Å²) in [6.07, 6.45) is 2.06. The van der Waals surface area contributed by atoms with Crippen LogP contribution in [0.3, 0.4) is 0 Å². The highest BCUT2D eigenvalue weighted by molar-refractivity contribution is 6.25. The van der Waals surface area contributed by atoms with E-state index in [0.717, 1.165) is 12.8 Å². The fraction of sp³-hybridized carbons (Fsp3) is 0.400. The Morgan fingerprint density at radius 2 is 1.88 bits per heavy atom. The Labute approximate surface area is 192 Å². The molecule has 3 heterocycles. The molecule has 33 heavy (non-hydrogen) atoms. The van der Waals surface area contributed by atoms with Crippen molar-refractivity contribution in [2.24, 2.45) is 0 Å². The van der Waals surface area contributed by atoms with Crippen LogP contribution in [0.25, 0.3) is 0 Å². The lowest BCUT2D eigenvalue weighted by Crippen LogP contribution is -2.54. The maximum absolute atomic E-state index is 14.2. The fourth-order valence-corrected chi connectivity index (χ4v) is 4.76. The van der Waals surface area contributed by atoms with Gasteiger partial charge in [0, 0.05) is 32.4 Å². The molecule has 0 aliphatic carbocycles. The second-order valence-corrected chi connectivity index (χ2v) is 8.30. The normalized spacial score (nSPS) is 19.8. The molecule has 2 aliphatic rings. The van der Waals surface area contributed by atoms with E-state index in [1.165, 1.54) is 11.0 Å². The van der Waals surface area contributed by atoms with Crippen molar-refractivity contribution in [1.82, 2.24) is 4.90 Å². The maximum Gasteiger partial charge on any atom is 0.290 e. The van der Waals surface area contributed by atoms with Crippen molar-refractivity contribution < 1.29 is 28.6 Å². The minimum Gasteiger partial charge on any atom is -0.503 e. The van der Waals surface area contributed by atoms with E-state index in [-0.39, 0.29) is 17.9 Å². The van der Waals surface area contributed by atoms with Crippen LogP contribution in [0.4, 0.5) is 5.69 Å². The molecule has 1 unspecified atom stereocenters. The van der Waals surface area contributed by atoms with Gasteiger partial charge >= 0.3 is 0 Å². The number of hydrogen-bond donors (Lipinski definition) is 1. The highest BCUT2D eigenvalue weighted by Crippen LogP contribution is 2.53. The first-order valence-corrected chi connectivity index (χ1v) is 11.2. The van der Waals surface area contributed by atoms with Crippen LogP contribution in [0, 0.1) is 6.92 Å². The van der Waals surface area contributed by atoms with Gasteiger partial charge in [-0.15, -0.1) is 0 Å². The van der Waals surface area contributed by atoms with Crippen LogP contribution in [-0.2, 0) is 19.9 Å². The summed E-state index contributed by atoms with van der Waals surface area (Å²) in [4.78, 5) is 44.0. The number of ketones is 1. The second kappa shape index (κ2) is 8.86. The summed E-state index contributed by atoms with van der Waals surface area (Å²) in [6, 6.07) is 10.3. The lowest BCUT2D eigenvalue weighted by molar-refractivity contribution is -0.140. The number of fused-ring (bicyclic) bond motifs is 2. The van der Waals surface area contributed by atoms with Gasteiger partial charge in [-0.2, -0.15) is 0 Å². The van der Waals surface area contributed by atoms with Crippen molar-refractivity contribution in [3.05, 3.63) is 64.8 Å². The number of carbonyl (C=O) groups excluding carboxylic acids is 3. The Bertz CT molecular complexity index is 1130. The molecule has 8 nitrogen and oxygen atoms in total. The molecule has 174 valence electrons. The molecular formula is C25H28N2O6. The van der Waals surface area contributed by atoms with Gasteiger partial charge in [0.15, 0.2) is 17.1 Å². The van der Waals surface area contributed by atoms with Crippen molar-refractivity contribution in [3.8, 4) is 0 Å². The van der Waals surface area contributed by atoms with E-state index in [0.29, 0.717) is 36.6 Å². The number of furan rings is 1. The van der Waals surface area contributed by atoms with E-state index in [9.17, 15) is 19.5 Å². The predicted octanol–water partition coefficient (Wildman–Crippen LogP) is 3.50. The van der Waals surface area contributed by atoms with Crippen molar-refractivity contribution in [1.29, 1.82) is 0 Å². The molecule has 2 aromatic rings. The number of aliphatic hydroxyl groups excluding tert-OH is 1. The highest BCUT2D eigenvalue weighted by Gasteiger charge is 2.65. The van der Waals surface area contributed by atoms with Crippen LogP contribution in [0.15, 0.2) is 52.1 Å². The topological polar surface area (TPSA) is 100 Å². The molecule has 0 bridgehead atoms. The molecule has 2 amide bonds. The number of para-hydroxylation sites is 1. The number of anilines is 1. The molecule has 1 N–H and O–H groups in total. The van der Waals surface area contributed by atoms with Crippen molar-refractivity contribution in [3.63, 3.8) is 0 Å². The summed E-state index contributed by atoms with van der Waals surface area (Å²) >= 11 is 0. The molecule has 0 radical (unpaired) electrons. The number of carbonyl (C=O) groups is 3. The van der Waals surface area contributed by atoms with Crippen LogP contribution >= 0.6 is 0 Å². The van der Waals surface area contributed by atoms with Gasteiger partial charge in [0.05, 0.1) is 11.3 Å². The quantitative estimate of drug-likeness (QED) is 0.462. The Morgan fingerprint density at radius 1 is 1.12 bits per heavy atom. The Hall–Kier alpha value is -3.39. The van der Waals surface area contributed by atoms with Gasteiger partial charge in [0.25, 0.3) is 11.8 Å². The van der Waals surface area contributed by atoms with Crippen molar-refractivity contribution >= 4 is 23.3 Å². The average Bonchev–Trinajstić information content (AvgIpc) is 3.42.